The van der Waals surface area contributed by atoms with Crippen LogP contribution in [-0.4, -0.2) is 25.0 Å². The van der Waals surface area contributed by atoms with Gasteiger partial charge in [0.2, 0.25) is 5.91 Å². The third kappa shape index (κ3) is 4.29. The number of amides is 1. The zero-order chi connectivity index (χ0) is 13.5. The summed E-state index contributed by atoms with van der Waals surface area (Å²) in [6.07, 6.45) is 2.96. The molecule has 0 saturated carbocycles. The first kappa shape index (κ1) is 13.8. The number of anilines is 1. The molecule has 1 atom stereocenters. The second-order valence-corrected chi connectivity index (χ2v) is 3.76. The first-order chi connectivity index (χ1) is 8.52. The lowest BCUT2D eigenvalue weighted by molar-refractivity contribution is -0.144. The summed E-state index contributed by atoms with van der Waals surface area (Å²) in [6.45, 7) is 1.55. The van der Waals surface area contributed by atoms with Gasteiger partial charge in [0.15, 0.2) is 0 Å². The van der Waals surface area contributed by atoms with Crippen molar-refractivity contribution in [2.75, 3.05) is 12.8 Å². The number of nitrogens with two attached hydrogens (primary N) is 1. The van der Waals surface area contributed by atoms with E-state index in [9.17, 15) is 9.59 Å². The highest BCUT2D eigenvalue weighted by Crippen LogP contribution is 2.07. The van der Waals surface area contributed by atoms with Gasteiger partial charge in [-0.2, -0.15) is 0 Å². The van der Waals surface area contributed by atoms with Crippen molar-refractivity contribution in [2.45, 2.75) is 13.0 Å². The average molecular weight is 248 g/mol. The van der Waals surface area contributed by atoms with Crippen molar-refractivity contribution in [3.8, 4) is 0 Å². The van der Waals surface area contributed by atoms with Gasteiger partial charge in [-0.3, -0.25) is 4.79 Å². The Balaban J connectivity index is 2.57. The van der Waals surface area contributed by atoms with Crippen LogP contribution in [0.4, 0.5) is 5.69 Å². The Hall–Kier alpha value is -2.30. The molecule has 1 aromatic rings. The number of hydrogen-bond donors (Lipinski definition) is 2. The summed E-state index contributed by atoms with van der Waals surface area (Å²) in [5, 5.41) is 2.48. The Morgan fingerprint density at radius 3 is 2.78 bits per heavy atom. The summed E-state index contributed by atoms with van der Waals surface area (Å²) in [5.41, 5.74) is 7.05. The molecule has 1 amide bonds. The maximum atomic E-state index is 11.5. The van der Waals surface area contributed by atoms with Crippen molar-refractivity contribution >= 4 is 23.6 Å². The number of carbonyl (C=O) groups is 2. The summed E-state index contributed by atoms with van der Waals surface area (Å²) >= 11 is 0. The van der Waals surface area contributed by atoms with Crippen LogP contribution in [0.2, 0.25) is 0 Å². The van der Waals surface area contributed by atoms with Crippen molar-refractivity contribution in [2.24, 2.45) is 0 Å². The van der Waals surface area contributed by atoms with Gasteiger partial charge in [-0.05, 0) is 30.7 Å². The van der Waals surface area contributed by atoms with Gasteiger partial charge in [-0.25, -0.2) is 4.79 Å². The quantitative estimate of drug-likeness (QED) is 0.472. The molecule has 0 fully saturated rings. The van der Waals surface area contributed by atoms with Crippen LogP contribution in [0.25, 0.3) is 6.08 Å². The highest BCUT2D eigenvalue weighted by Gasteiger charge is 2.13. The van der Waals surface area contributed by atoms with Crippen molar-refractivity contribution in [3.05, 3.63) is 35.9 Å². The van der Waals surface area contributed by atoms with E-state index in [0.717, 1.165) is 5.56 Å². The average Bonchev–Trinajstić information content (AvgIpc) is 2.35. The molecule has 0 aliphatic carbocycles. The first-order valence-corrected chi connectivity index (χ1v) is 5.45. The van der Waals surface area contributed by atoms with Gasteiger partial charge in [0.1, 0.15) is 6.04 Å². The third-order valence-electron chi connectivity index (χ3n) is 2.25. The smallest absolute Gasteiger partial charge is 0.328 e. The predicted octanol–water partition coefficient (Wildman–Crippen LogP) is 0.960. The van der Waals surface area contributed by atoms with Gasteiger partial charge in [0.05, 0.1) is 7.11 Å². The van der Waals surface area contributed by atoms with Gasteiger partial charge in [0, 0.05) is 11.8 Å². The Morgan fingerprint density at radius 2 is 2.17 bits per heavy atom. The molecule has 3 N–H and O–H groups in total. The molecule has 0 spiro atoms. The van der Waals surface area contributed by atoms with Gasteiger partial charge >= 0.3 is 5.97 Å². The van der Waals surface area contributed by atoms with E-state index in [1.165, 1.54) is 13.2 Å². The zero-order valence-corrected chi connectivity index (χ0v) is 10.3. The van der Waals surface area contributed by atoms with Gasteiger partial charge in [0.25, 0.3) is 0 Å². The topological polar surface area (TPSA) is 81.4 Å². The molecular formula is C13H16N2O3. The van der Waals surface area contributed by atoms with Crippen LogP contribution in [0.3, 0.4) is 0 Å². The number of methoxy groups -OCH3 is 1. The van der Waals surface area contributed by atoms with Crippen molar-refractivity contribution < 1.29 is 14.3 Å². The molecule has 18 heavy (non-hydrogen) atoms. The fourth-order valence-electron chi connectivity index (χ4n) is 1.33. The molecule has 96 valence electrons. The number of hydrogen-bond acceptors (Lipinski definition) is 4. The Morgan fingerprint density at radius 1 is 1.44 bits per heavy atom. The van der Waals surface area contributed by atoms with E-state index in [0.29, 0.717) is 5.69 Å². The number of benzene rings is 1. The van der Waals surface area contributed by atoms with E-state index in [-0.39, 0.29) is 5.91 Å². The lowest BCUT2D eigenvalue weighted by atomic mass is 10.2. The molecule has 0 aliphatic rings. The van der Waals surface area contributed by atoms with Crippen LogP contribution in [0.5, 0.6) is 0 Å². The van der Waals surface area contributed by atoms with E-state index in [1.807, 2.05) is 6.07 Å². The minimum Gasteiger partial charge on any atom is -0.467 e. The van der Waals surface area contributed by atoms with Crippen LogP contribution in [-0.2, 0) is 14.3 Å². The third-order valence-corrected chi connectivity index (χ3v) is 2.25. The number of ether oxygens (including phenoxy) is 1. The second-order valence-electron chi connectivity index (χ2n) is 3.76. The van der Waals surface area contributed by atoms with Crippen LogP contribution in [0.1, 0.15) is 12.5 Å². The predicted molar refractivity (Wildman–Crippen MR) is 69.5 cm³/mol. The number of esters is 1. The zero-order valence-electron chi connectivity index (χ0n) is 10.3. The van der Waals surface area contributed by atoms with Gasteiger partial charge < -0.3 is 15.8 Å². The normalized spacial score (nSPS) is 12.1. The summed E-state index contributed by atoms with van der Waals surface area (Å²) in [7, 11) is 1.27. The highest BCUT2D eigenvalue weighted by molar-refractivity contribution is 5.94. The van der Waals surface area contributed by atoms with Crippen molar-refractivity contribution in [1.29, 1.82) is 0 Å². The van der Waals surface area contributed by atoms with E-state index in [2.05, 4.69) is 10.1 Å². The summed E-state index contributed by atoms with van der Waals surface area (Å²) in [6, 6.07) is 6.45. The Bertz CT molecular complexity index is 469. The number of rotatable bonds is 4. The molecule has 0 aliphatic heterocycles. The molecule has 0 heterocycles. The molecule has 0 unspecified atom stereocenters. The van der Waals surface area contributed by atoms with Crippen molar-refractivity contribution in [3.63, 3.8) is 0 Å². The minimum atomic E-state index is -0.673. The fourth-order valence-corrected chi connectivity index (χ4v) is 1.33. The highest BCUT2D eigenvalue weighted by atomic mass is 16.5. The number of nitrogen functional groups attached to an aromatic ring is 1. The summed E-state index contributed by atoms with van der Waals surface area (Å²) < 4.78 is 4.50. The molecule has 5 heteroatoms. The first-order valence-electron chi connectivity index (χ1n) is 5.45. The maximum Gasteiger partial charge on any atom is 0.328 e. The minimum absolute atomic E-state index is 0.365. The van der Waals surface area contributed by atoms with E-state index in [4.69, 9.17) is 5.73 Å². The summed E-state index contributed by atoms with van der Waals surface area (Å²) in [5.74, 6) is -0.851. The Labute approximate surface area is 106 Å². The SMILES string of the molecule is COC(=O)[C@H](C)NC(=O)/C=C/c1cccc(N)c1. The van der Waals surface area contributed by atoms with Gasteiger partial charge in [-0.15, -0.1) is 0 Å². The largest absolute Gasteiger partial charge is 0.467 e. The van der Waals surface area contributed by atoms with Crippen LogP contribution >= 0.6 is 0 Å². The number of nitrogens with one attached hydrogen (secondary N) is 1. The number of carbonyl (C=O) groups excluding carboxylic acids is 2. The molecular weight excluding hydrogens is 232 g/mol. The lowest BCUT2D eigenvalue weighted by Gasteiger charge is -2.09. The standard InChI is InChI=1S/C13H16N2O3/c1-9(13(17)18-2)15-12(16)7-6-10-4-3-5-11(14)8-10/h3-9H,14H2,1-2H3,(H,15,16)/b7-6+/t9-/m0/s1. The van der Waals surface area contributed by atoms with E-state index >= 15 is 0 Å². The molecule has 1 aromatic carbocycles. The van der Waals surface area contributed by atoms with Gasteiger partial charge in [-0.1, -0.05) is 12.1 Å². The molecule has 0 saturated heterocycles. The fraction of sp³-hybridized carbons (Fsp3) is 0.231. The van der Waals surface area contributed by atoms with E-state index in [1.54, 1.807) is 31.2 Å². The maximum absolute atomic E-state index is 11.5. The van der Waals surface area contributed by atoms with Crippen LogP contribution in [0.15, 0.2) is 30.3 Å². The molecule has 1 rings (SSSR count). The lowest BCUT2D eigenvalue weighted by Crippen LogP contribution is -2.38. The van der Waals surface area contributed by atoms with Crippen LogP contribution < -0.4 is 11.1 Å². The monoisotopic (exact) mass is 248 g/mol. The van der Waals surface area contributed by atoms with Crippen LogP contribution in [0, 0.1) is 0 Å². The molecule has 0 aromatic heterocycles. The molecule has 0 bridgehead atoms. The Kier molecular flexibility index (Phi) is 4.92. The molecule has 5 nitrogen and oxygen atoms in total. The van der Waals surface area contributed by atoms with Crippen molar-refractivity contribution in [1.82, 2.24) is 5.32 Å². The second kappa shape index (κ2) is 6.44. The summed E-state index contributed by atoms with van der Waals surface area (Å²) in [4.78, 5) is 22.6. The van der Waals surface area contributed by atoms with E-state index < -0.39 is 12.0 Å². The molecule has 0 radical (unpaired) electrons.